The van der Waals surface area contributed by atoms with Gasteiger partial charge in [0.2, 0.25) is 0 Å². The van der Waals surface area contributed by atoms with Crippen molar-refractivity contribution in [3.63, 3.8) is 0 Å². The second-order valence-electron chi connectivity index (χ2n) is 13.0. The Labute approximate surface area is 308 Å². The molecule has 0 spiro atoms. The number of rotatable bonds is 27. The van der Waals surface area contributed by atoms with E-state index in [2.05, 4.69) is 21.3 Å². The molecule has 0 saturated heterocycles. The van der Waals surface area contributed by atoms with Crippen LogP contribution in [0.4, 0.5) is 21.0 Å². The molecule has 2 aromatic carbocycles. The number of carbonyl (C=O) groups excluding carboxylic acids is 4. The number of benzene rings is 2. The summed E-state index contributed by atoms with van der Waals surface area (Å²) in [6.07, 6.45) is 11.0. The van der Waals surface area contributed by atoms with Gasteiger partial charge < -0.3 is 31.1 Å². The molecule has 0 heterocycles. The van der Waals surface area contributed by atoms with Crippen molar-refractivity contribution in [2.75, 3.05) is 62.6 Å². The maximum Gasteiger partial charge on any atom is 0.315 e. The number of nitrogens with zero attached hydrogens (tertiary/aromatic N) is 2. The predicted octanol–water partition coefficient (Wildman–Crippen LogP) is 7.32. The Kier molecular flexibility index (Phi) is 22.6. The first-order valence-corrected chi connectivity index (χ1v) is 20.5. The van der Waals surface area contributed by atoms with Crippen LogP contribution in [0.5, 0.6) is 0 Å². The predicted molar refractivity (Wildman–Crippen MR) is 212 cm³/mol. The number of hydrogen-bond acceptors (Lipinski definition) is 8. The number of Topliss-reactive ketones (excluding diaryl/α,β-unsaturated/α-hetero) is 2. The molecule has 0 atom stereocenters. The van der Waals surface area contributed by atoms with Gasteiger partial charge in [-0.05, 0) is 61.1 Å². The monoisotopic (exact) mass is 728 g/mol. The SMILES string of the molecule is CN(C)c1ccc(CNC(=O)NCCCCCCCC(=O)CSSCC(=O)CCCCCCCNC(=O)NCc2ccc(N(C)C)cc2)cc1. The Bertz CT molecular complexity index is 1160. The third-order valence-electron chi connectivity index (χ3n) is 8.17. The largest absolute Gasteiger partial charge is 0.378 e. The molecule has 278 valence electrons. The van der Waals surface area contributed by atoms with Crippen LogP contribution < -0.4 is 31.1 Å². The summed E-state index contributed by atoms with van der Waals surface area (Å²) in [5.74, 6) is 1.39. The Balaban J connectivity index is 1.31. The summed E-state index contributed by atoms with van der Waals surface area (Å²) >= 11 is 0. The molecule has 0 unspecified atom stereocenters. The molecule has 0 saturated carbocycles. The van der Waals surface area contributed by atoms with Crippen LogP contribution in [0.15, 0.2) is 48.5 Å². The molecule has 0 radical (unpaired) electrons. The topological polar surface area (TPSA) is 123 Å². The summed E-state index contributed by atoms with van der Waals surface area (Å²) in [6, 6.07) is 15.9. The van der Waals surface area contributed by atoms with Crippen LogP contribution in [0.1, 0.15) is 88.2 Å². The lowest BCUT2D eigenvalue weighted by Gasteiger charge is -2.13. The van der Waals surface area contributed by atoms with Crippen molar-refractivity contribution in [2.45, 2.75) is 90.1 Å². The maximum atomic E-state index is 12.2. The third kappa shape index (κ3) is 21.0. The average Bonchev–Trinajstić information content (AvgIpc) is 3.10. The van der Waals surface area contributed by atoms with Crippen LogP contribution in [0, 0.1) is 0 Å². The van der Waals surface area contributed by atoms with Crippen molar-refractivity contribution in [3.8, 4) is 0 Å². The summed E-state index contributed by atoms with van der Waals surface area (Å²) in [5, 5.41) is 11.6. The van der Waals surface area contributed by atoms with E-state index >= 15 is 0 Å². The van der Waals surface area contributed by atoms with Crippen molar-refractivity contribution in [2.24, 2.45) is 0 Å². The molecule has 0 aliphatic carbocycles. The Morgan fingerprint density at radius 1 is 0.480 bits per heavy atom. The van der Waals surface area contributed by atoms with Gasteiger partial charge in [0.05, 0.1) is 11.5 Å². The van der Waals surface area contributed by atoms with E-state index in [9.17, 15) is 19.2 Å². The van der Waals surface area contributed by atoms with Crippen molar-refractivity contribution in [1.29, 1.82) is 0 Å². The molecule has 0 fully saturated rings. The molecule has 2 rings (SSSR count). The number of unbranched alkanes of at least 4 members (excludes halogenated alkanes) is 8. The number of urea groups is 2. The van der Waals surface area contributed by atoms with Crippen molar-refractivity contribution >= 4 is 56.6 Å². The van der Waals surface area contributed by atoms with Gasteiger partial charge >= 0.3 is 12.1 Å². The summed E-state index contributed by atoms with van der Waals surface area (Å²) in [6.45, 7) is 2.29. The zero-order valence-electron chi connectivity index (χ0n) is 30.7. The molecule has 4 amide bonds. The molecule has 10 nitrogen and oxygen atoms in total. The number of hydrogen-bond donors (Lipinski definition) is 4. The summed E-state index contributed by atoms with van der Waals surface area (Å²) in [4.78, 5) is 52.5. The van der Waals surface area contributed by atoms with Crippen molar-refractivity contribution in [3.05, 3.63) is 59.7 Å². The molecule has 0 aliphatic rings. The number of amides is 4. The van der Waals surface area contributed by atoms with Gasteiger partial charge in [0.25, 0.3) is 0 Å². The minimum Gasteiger partial charge on any atom is -0.378 e. The first-order chi connectivity index (χ1) is 24.1. The molecular weight excluding hydrogens is 669 g/mol. The van der Waals surface area contributed by atoms with Crippen molar-refractivity contribution < 1.29 is 19.2 Å². The second kappa shape index (κ2) is 26.4. The number of carbonyl (C=O) groups is 4. The van der Waals surface area contributed by atoms with E-state index in [1.54, 1.807) is 0 Å². The number of anilines is 2. The van der Waals surface area contributed by atoms with E-state index in [1.807, 2.05) is 86.5 Å². The van der Waals surface area contributed by atoms with Crippen LogP contribution in [-0.2, 0) is 22.7 Å². The van der Waals surface area contributed by atoms with Gasteiger partial charge in [-0.1, -0.05) is 84.4 Å². The van der Waals surface area contributed by atoms with Gasteiger partial charge in [-0.15, -0.1) is 0 Å². The van der Waals surface area contributed by atoms with Gasteiger partial charge in [-0.3, -0.25) is 9.59 Å². The zero-order chi connectivity index (χ0) is 36.4. The Morgan fingerprint density at radius 2 is 0.820 bits per heavy atom. The first-order valence-electron chi connectivity index (χ1n) is 18.0. The fourth-order valence-electron chi connectivity index (χ4n) is 5.03. The molecule has 0 bridgehead atoms. The van der Waals surface area contributed by atoms with E-state index in [-0.39, 0.29) is 23.6 Å². The van der Waals surface area contributed by atoms with E-state index in [0.717, 1.165) is 86.7 Å². The van der Waals surface area contributed by atoms with Crippen LogP contribution in [0.25, 0.3) is 0 Å². The fraction of sp³-hybridized carbons (Fsp3) is 0.579. The van der Waals surface area contributed by atoms with E-state index in [0.29, 0.717) is 50.5 Å². The van der Waals surface area contributed by atoms with Crippen LogP contribution in [-0.4, -0.2) is 76.4 Å². The summed E-state index contributed by atoms with van der Waals surface area (Å²) < 4.78 is 0. The molecule has 2 aromatic rings. The van der Waals surface area contributed by atoms with Crippen LogP contribution in [0.2, 0.25) is 0 Å². The summed E-state index contributed by atoms with van der Waals surface area (Å²) in [7, 11) is 11.0. The van der Waals surface area contributed by atoms with Gasteiger partial charge in [-0.2, -0.15) is 0 Å². The average molecular weight is 729 g/mol. The smallest absolute Gasteiger partial charge is 0.315 e. The van der Waals surface area contributed by atoms with Crippen LogP contribution in [0.3, 0.4) is 0 Å². The van der Waals surface area contributed by atoms with Crippen LogP contribution >= 0.6 is 21.6 Å². The van der Waals surface area contributed by atoms with E-state index < -0.39 is 0 Å². The van der Waals surface area contributed by atoms with Gasteiger partial charge in [0.1, 0.15) is 11.6 Å². The van der Waals surface area contributed by atoms with Gasteiger partial charge in [-0.25, -0.2) is 9.59 Å². The minimum atomic E-state index is -0.150. The Hall–Kier alpha value is -3.38. The zero-order valence-corrected chi connectivity index (χ0v) is 32.3. The van der Waals surface area contributed by atoms with E-state index in [4.69, 9.17) is 0 Å². The third-order valence-corrected chi connectivity index (χ3v) is 10.4. The highest BCUT2D eigenvalue weighted by atomic mass is 33.1. The lowest BCUT2D eigenvalue weighted by molar-refractivity contribution is -0.117. The molecule has 0 aromatic heterocycles. The summed E-state index contributed by atoms with van der Waals surface area (Å²) in [5.41, 5.74) is 4.38. The fourth-order valence-corrected chi connectivity index (χ4v) is 7.04. The highest BCUT2D eigenvalue weighted by Gasteiger charge is 2.07. The molecule has 0 aliphatic heterocycles. The quantitative estimate of drug-likeness (QED) is 0.0558. The molecular formula is C38H60N6O4S2. The highest BCUT2D eigenvalue weighted by molar-refractivity contribution is 8.77. The van der Waals surface area contributed by atoms with Gasteiger partial charge in [0.15, 0.2) is 0 Å². The minimum absolute atomic E-state index is 0.150. The lowest BCUT2D eigenvalue weighted by Crippen LogP contribution is -2.35. The standard InChI is InChI=1S/C38H60N6O4S2/c1-43(2)33-21-17-31(18-22-33)27-41-37(47)39-25-13-9-5-7-11-15-35(45)29-49-50-30-36(46)16-12-8-6-10-14-26-40-38(48)42-28-32-19-23-34(24-20-32)44(3)4/h17-24H,5-16,25-30H2,1-4H3,(H2,39,41,47)(H2,40,42,48). The molecule has 12 heteroatoms. The lowest BCUT2D eigenvalue weighted by atomic mass is 10.1. The first kappa shape index (κ1) is 42.8. The molecule has 50 heavy (non-hydrogen) atoms. The maximum absolute atomic E-state index is 12.2. The number of ketones is 2. The van der Waals surface area contributed by atoms with Gasteiger partial charge in [0, 0.05) is 78.6 Å². The highest BCUT2D eigenvalue weighted by Crippen LogP contribution is 2.23. The van der Waals surface area contributed by atoms with E-state index in [1.165, 1.54) is 21.6 Å². The second-order valence-corrected chi connectivity index (χ2v) is 15.4. The number of nitrogens with one attached hydrogen (secondary N) is 4. The van der Waals surface area contributed by atoms with Crippen molar-refractivity contribution in [1.82, 2.24) is 21.3 Å². The Morgan fingerprint density at radius 3 is 1.18 bits per heavy atom. The molecule has 4 N–H and O–H groups in total. The normalized spacial score (nSPS) is 10.7.